The maximum atomic E-state index is 3.53. The zero-order valence-corrected chi connectivity index (χ0v) is 14.0. The average molecular weight is 368 g/mol. The standard InChI is InChI=1S/C16H16Br2/c1-16(2,3)13-6-4-11(5-7-13)12-8-14(17)10-15(18)9-12/h4-10H,1-3H3. The predicted molar refractivity (Wildman–Crippen MR) is 86.0 cm³/mol. The van der Waals surface area contributed by atoms with E-state index in [1.165, 1.54) is 16.7 Å². The lowest BCUT2D eigenvalue weighted by atomic mass is 9.86. The lowest BCUT2D eigenvalue weighted by molar-refractivity contribution is 0.590. The van der Waals surface area contributed by atoms with Crippen LogP contribution in [0.2, 0.25) is 0 Å². The summed E-state index contributed by atoms with van der Waals surface area (Å²) in [6.07, 6.45) is 0. The molecule has 0 aromatic heterocycles. The monoisotopic (exact) mass is 366 g/mol. The van der Waals surface area contributed by atoms with Gasteiger partial charge in [0.2, 0.25) is 0 Å². The van der Waals surface area contributed by atoms with Gasteiger partial charge in [0, 0.05) is 8.95 Å². The van der Waals surface area contributed by atoms with Gasteiger partial charge in [-0.15, -0.1) is 0 Å². The molecule has 0 fully saturated rings. The van der Waals surface area contributed by atoms with Crippen LogP contribution in [0.1, 0.15) is 26.3 Å². The smallest absolute Gasteiger partial charge is 0.0192 e. The fourth-order valence-electron chi connectivity index (χ4n) is 1.88. The Morgan fingerprint density at radius 3 is 1.67 bits per heavy atom. The number of rotatable bonds is 1. The van der Waals surface area contributed by atoms with Crippen LogP contribution < -0.4 is 0 Å². The highest BCUT2D eigenvalue weighted by Gasteiger charge is 2.13. The molecule has 0 heterocycles. The fourth-order valence-corrected chi connectivity index (χ4v) is 3.18. The first-order valence-corrected chi connectivity index (χ1v) is 7.52. The predicted octanol–water partition coefficient (Wildman–Crippen LogP) is 6.18. The van der Waals surface area contributed by atoms with Crippen molar-refractivity contribution in [1.29, 1.82) is 0 Å². The summed E-state index contributed by atoms with van der Waals surface area (Å²) in [7, 11) is 0. The molecule has 2 rings (SSSR count). The van der Waals surface area contributed by atoms with Crippen LogP contribution in [0.3, 0.4) is 0 Å². The maximum absolute atomic E-state index is 3.53. The van der Waals surface area contributed by atoms with E-state index in [4.69, 9.17) is 0 Å². The van der Waals surface area contributed by atoms with E-state index >= 15 is 0 Å². The van der Waals surface area contributed by atoms with Crippen molar-refractivity contribution in [3.63, 3.8) is 0 Å². The molecular weight excluding hydrogens is 352 g/mol. The van der Waals surface area contributed by atoms with Gasteiger partial charge in [-0.25, -0.2) is 0 Å². The highest BCUT2D eigenvalue weighted by molar-refractivity contribution is 9.11. The molecule has 0 aliphatic heterocycles. The molecule has 0 atom stereocenters. The van der Waals surface area contributed by atoms with Crippen molar-refractivity contribution in [3.8, 4) is 11.1 Å². The fraction of sp³-hybridized carbons (Fsp3) is 0.250. The summed E-state index contributed by atoms with van der Waals surface area (Å²) < 4.78 is 2.18. The van der Waals surface area contributed by atoms with Gasteiger partial charge in [-0.05, 0) is 40.3 Å². The molecule has 0 N–H and O–H groups in total. The van der Waals surface area contributed by atoms with Gasteiger partial charge < -0.3 is 0 Å². The molecule has 18 heavy (non-hydrogen) atoms. The van der Waals surface area contributed by atoms with Crippen molar-refractivity contribution >= 4 is 31.9 Å². The SMILES string of the molecule is CC(C)(C)c1ccc(-c2cc(Br)cc(Br)c2)cc1. The summed E-state index contributed by atoms with van der Waals surface area (Å²) in [4.78, 5) is 0. The Morgan fingerprint density at radius 2 is 1.22 bits per heavy atom. The number of hydrogen-bond donors (Lipinski definition) is 0. The third-order valence-electron chi connectivity index (χ3n) is 2.95. The highest BCUT2D eigenvalue weighted by Crippen LogP contribution is 2.29. The van der Waals surface area contributed by atoms with Crippen LogP contribution in [0.25, 0.3) is 11.1 Å². The van der Waals surface area contributed by atoms with E-state index in [0.29, 0.717) is 0 Å². The second-order valence-corrected chi connectivity index (χ2v) is 7.32. The molecule has 0 nitrogen and oxygen atoms in total. The van der Waals surface area contributed by atoms with Crippen molar-refractivity contribution in [1.82, 2.24) is 0 Å². The first kappa shape index (κ1) is 13.8. The molecule has 94 valence electrons. The Balaban J connectivity index is 2.40. The molecule has 0 aliphatic carbocycles. The Hall–Kier alpha value is -0.600. The summed E-state index contributed by atoms with van der Waals surface area (Å²) in [6.45, 7) is 6.70. The zero-order valence-electron chi connectivity index (χ0n) is 10.8. The van der Waals surface area contributed by atoms with E-state index in [0.717, 1.165) is 8.95 Å². The van der Waals surface area contributed by atoms with E-state index in [9.17, 15) is 0 Å². The molecule has 0 spiro atoms. The van der Waals surface area contributed by atoms with Crippen molar-refractivity contribution in [2.24, 2.45) is 0 Å². The zero-order chi connectivity index (χ0) is 13.3. The minimum atomic E-state index is 0.205. The van der Waals surface area contributed by atoms with Gasteiger partial charge in [0.05, 0.1) is 0 Å². The van der Waals surface area contributed by atoms with Crippen molar-refractivity contribution in [3.05, 3.63) is 57.0 Å². The summed E-state index contributed by atoms with van der Waals surface area (Å²) >= 11 is 7.05. The largest absolute Gasteiger partial charge is 0.0579 e. The summed E-state index contributed by atoms with van der Waals surface area (Å²) in [5, 5.41) is 0. The molecule has 0 radical (unpaired) electrons. The summed E-state index contributed by atoms with van der Waals surface area (Å²) in [6, 6.07) is 15.1. The van der Waals surface area contributed by atoms with E-state index in [-0.39, 0.29) is 5.41 Å². The molecule has 0 aliphatic rings. The Morgan fingerprint density at radius 1 is 0.722 bits per heavy atom. The van der Waals surface area contributed by atoms with Gasteiger partial charge in [-0.2, -0.15) is 0 Å². The minimum Gasteiger partial charge on any atom is -0.0579 e. The molecule has 0 unspecified atom stereocenters. The van der Waals surface area contributed by atoms with Gasteiger partial charge in [0.15, 0.2) is 0 Å². The Kier molecular flexibility index (Phi) is 3.98. The Bertz CT molecular complexity index is 528. The van der Waals surface area contributed by atoms with E-state index in [1.807, 2.05) is 6.07 Å². The summed E-state index contributed by atoms with van der Waals surface area (Å²) in [5.74, 6) is 0. The molecule has 2 heteroatoms. The van der Waals surface area contributed by atoms with Crippen LogP contribution in [-0.4, -0.2) is 0 Å². The molecule has 2 aromatic carbocycles. The maximum Gasteiger partial charge on any atom is 0.0192 e. The van der Waals surface area contributed by atoms with Crippen LogP contribution in [0.5, 0.6) is 0 Å². The molecule has 2 aromatic rings. The molecule has 0 saturated heterocycles. The molecule has 0 bridgehead atoms. The van der Waals surface area contributed by atoms with Crippen molar-refractivity contribution < 1.29 is 0 Å². The second-order valence-electron chi connectivity index (χ2n) is 5.49. The average Bonchev–Trinajstić information content (AvgIpc) is 2.27. The van der Waals surface area contributed by atoms with Crippen LogP contribution in [0, 0.1) is 0 Å². The van der Waals surface area contributed by atoms with E-state index in [1.54, 1.807) is 0 Å². The van der Waals surface area contributed by atoms with E-state index < -0.39 is 0 Å². The van der Waals surface area contributed by atoms with Crippen LogP contribution in [0.15, 0.2) is 51.4 Å². The topological polar surface area (TPSA) is 0 Å². The third-order valence-corrected chi connectivity index (χ3v) is 3.86. The number of halogens is 2. The van der Waals surface area contributed by atoms with Crippen LogP contribution in [-0.2, 0) is 5.41 Å². The second kappa shape index (κ2) is 5.18. The third kappa shape index (κ3) is 3.24. The lowest BCUT2D eigenvalue weighted by Crippen LogP contribution is -2.10. The van der Waals surface area contributed by atoms with Crippen molar-refractivity contribution in [2.75, 3.05) is 0 Å². The van der Waals surface area contributed by atoms with Crippen molar-refractivity contribution in [2.45, 2.75) is 26.2 Å². The normalized spacial score (nSPS) is 11.6. The van der Waals surface area contributed by atoms with Crippen LogP contribution in [0.4, 0.5) is 0 Å². The minimum absolute atomic E-state index is 0.205. The number of benzene rings is 2. The number of hydrogen-bond acceptors (Lipinski definition) is 0. The van der Waals surface area contributed by atoms with Gasteiger partial charge >= 0.3 is 0 Å². The Labute approximate surface area is 126 Å². The lowest BCUT2D eigenvalue weighted by Gasteiger charge is -2.19. The highest BCUT2D eigenvalue weighted by atomic mass is 79.9. The first-order chi connectivity index (χ1) is 8.36. The quantitative estimate of drug-likeness (QED) is 0.564. The van der Waals surface area contributed by atoms with Gasteiger partial charge in [-0.1, -0.05) is 76.9 Å². The van der Waals surface area contributed by atoms with Gasteiger partial charge in [-0.3, -0.25) is 0 Å². The van der Waals surface area contributed by atoms with Gasteiger partial charge in [0.1, 0.15) is 0 Å². The molecular formula is C16H16Br2. The van der Waals surface area contributed by atoms with Gasteiger partial charge in [0.25, 0.3) is 0 Å². The van der Waals surface area contributed by atoms with E-state index in [2.05, 4.69) is 89.0 Å². The molecule has 0 amide bonds. The van der Waals surface area contributed by atoms with Crippen LogP contribution >= 0.6 is 31.9 Å². The summed E-state index contributed by atoms with van der Waals surface area (Å²) in [5.41, 5.74) is 4.03. The first-order valence-electron chi connectivity index (χ1n) is 5.93. The molecule has 0 saturated carbocycles.